The minimum Gasteiger partial charge on any atom is -0.423 e. The van der Waals surface area contributed by atoms with Crippen molar-refractivity contribution in [2.45, 2.75) is 20.8 Å². The largest absolute Gasteiger partial charge is 0.423 e. The van der Waals surface area contributed by atoms with Gasteiger partial charge in [0.2, 0.25) is 0 Å². The van der Waals surface area contributed by atoms with Gasteiger partial charge in [-0.15, -0.1) is 0 Å². The van der Waals surface area contributed by atoms with Gasteiger partial charge in [0.15, 0.2) is 17.3 Å². The lowest BCUT2D eigenvalue weighted by molar-refractivity contribution is -0.134. The summed E-state index contributed by atoms with van der Waals surface area (Å²) < 4.78 is 10.0. The highest BCUT2D eigenvalue weighted by Gasteiger charge is 2.16. The van der Waals surface area contributed by atoms with Gasteiger partial charge in [-0.3, -0.25) is 14.4 Å². The van der Waals surface area contributed by atoms with Crippen LogP contribution >= 0.6 is 0 Å². The minimum absolute atomic E-state index is 0.0994. The topological polar surface area (TPSA) is 85.5 Å². The van der Waals surface area contributed by atoms with Crippen LogP contribution in [0.15, 0.2) is 18.3 Å². The number of rotatable bonds is 3. The molecule has 0 spiro atoms. The van der Waals surface area contributed by atoms with Crippen molar-refractivity contribution < 1.29 is 23.9 Å². The van der Waals surface area contributed by atoms with Crippen molar-refractivity contribution in [3.05, 3.63) is 23.9 Å². The molecule has 1 aromatic carbocycles. The molecule has 0 saturated carbocycles. The smallest absolute Gasteiger partial charge is 0.308 e. The van der Waals surface area contributed by atoms with Crippen LogP contribution in [-0.4, -0.2) is 22.7 Å². The zero-order chi connectivity index (χ0) is 14.9. The van der Waals surface area contributed by atoms with Gasteiger partial charge in [0.05, 0.1) is 5.52 Å². The second kappa shape index (κ2) is 5.16. The maximum atomic E-state index is 11.5. The second-order valence-corrected chi connectivity index (χ2v) is 4.29. The standard InChI is InChI=1S/C14H13NO5/c1-7(16)11-6-15-12-5-14(20-9(3)18)13(4-10(11)12)19-8(2)17/h4-6,15H,1-3H3. The monoisotopic (exact) mass is 275 g/mol. The van der Waals surface area contributed by atoms with Gasteiger partial charge in [-0.1, -0.05) is 0 Å². The van der Waals surface area contributed by atoms with Gasteiger partial charge < -0.3 is 14.5 Å². The number of H-pyrrole nitrogens is 1. The number of carbonyl (C=O) groups excluding carboxylic acids is 3. The number of aromatic nitrogens is 1. The van der Waals surface area contributed by atoms with Crippen LogP contribution in [0.3, 0.4) is 0 Å². The SMILES string of the molecule is CC(=O)Oc1cc2[nH]cc(C(C)=O)c2cc1OC(C)=O. The Labute approximate surface area is 114 Å². The van der Waals surface area contributed by atoms with Crippen LogP contribution in [0.25, 0.3) is 10.9 Å². The fourth-order valence-electron chi connectivity index (χ4n) is 1.89. The molecule has 1 heterocycles. The molecule has 0 atom stereocenters. The number of ketones is 1. The summed E-state index contributed by atoms with van der Waals surface area (Å²) in [5, 5.41) is 0.602. The number of nitrogens with one attached hydrogen (secondary N) is 1. The number of hydrogen-bond donors (Lipinski definition) is 1. The van der Waals surface area contributed by atoms with Crippen molar-refractivity contribution in [3.63, 3.8) is 0 Å². The van der Waals surface area contributed by atoms with Crippen molar-refractivity contribution in [3.8, 4) is 11.5 Å². The van der Waals surface area contributed by atoms with E-state index in [9.17, 15) is 14.4 Å². The normalized spacial score (nSPS) is 10.3. The summed E-state index contributed by atoms with van der Waals surface area (Å²) in [6.07, 6.45) is 1.56. The first-order chi connectivity index (χ1) is 9.38. The average molecular weight is 275 g/mol. The van der Waals surface area contributed by atoms with Crippen molar-refractivity contribution in [2.24, 2.45) is 0 Å². The summed E-state index contributed by atoms with van der Waals surface area (Å²) >= 11 is 0. The molecule has 0 amide bonds. The lowest BCUT2D eigenvalue weighted by atomic mass is 10.1. The Hall–Kier alpha value is -2.63. The van der Waals surface area contributed by atoms with Gasteiger partial charge in [-0.25, -0.2) is 0 Å². The Morgan fingerprint density at radius 3 is 2.00 bits per heavy atom. The Morgan fingerprint density at radius 1 is 0.950 bits per heavy atom. The summed E-state index contributed by atoms with van der Waals surface area (Å²) in [4.78, 5) is 36.6. The predicted molar refractivity (Wildman–Crippen MR) is 70.9 cm³/mol. The van der Waals surface area contributed by atoms with Crippen molar-refractivity contribution in [1.82, 2.24) is 4.98 Å². The van der Waals surface area contributed by atoms with Crippen LogP contribution in [0.4, 0.5) is 0 Å². The summed E-state index contributed by atoms with van der Waals surface area (Å²) in [5.74, 6) is -0.974. The van der Waals surface area contributed by atoms with E-state index in [1.807, 2.05) is 0 Å². The Balaban J connectivity index is 2.62. The zero-order valence-corrected chi connectivity index (χ0v) is 11.3. The third kappa shape index (κ3) is 2.69. The molecule has 1 N–H and O–H groups in total. The molecule has 0 aliphatic carbocycles. The summed E-state index contributed by atoms with van der Waals surface area (Å²) in [6, 6.07) is 3.02. The first kappa shape index (κ1) is 13.8. The van der Waals surface area contributed by atoms with E-state index in [1.165, 1.54) is 32.9 Å². The van der Waals surface area contributed by atoms with Gasteiger partial charge in [0, 0.05) is 37.1 Å². The molecule has 0 aliphatic rings. The van der Waals surface area contributed by atoms with Gasteiger partial charge in [-0.05, 0) is 13.0 Å². The number of aromatic amines is 1. The maximum absolute atomic E-state index is 11.5. The highest BCUT2D eigenvalue weighted by atomic mass is 16.6. The number of hydrogen-bond acceptors (Lipinski definition) is 5. The first-order valence-corrected chi connectivity index (χ1v) is 5.91. The molecule has 104 valence electrons. The van der Waals surface area contributed by atoms with E-state index < -0.39 is 11.9 Å². The number of ether oxygens (including phenoxy) is 2. The van der Waals surface area contributed by atoms with Crippen LogP contribution in [0, 0.1) is 0 Å². The fourth-order valence-corrected chi connectivity index (χ4v) is 1.89. The maximum Gasteiger partial charge on any atom is 0.308 e. The molecular formula is C14H13NO5. The molecule has 0 aliphatic heterocycles. The Morgan fingerprint density at radius 2 is 1.50 bits per heavy atom. The van der Waals surface area contributed by atoms with Crippen molar-refractivity contribution >= 4 is 28.6 Å². The van der Waals surface area contributed by atoms with E-state index in [2.05, 4.69) is 4.98 Å². The van der Waals surface area contributed by atoms with Crippen LogP contribution in [-0.2, 0) is 9.59 Å². The van der Waals surface area contributed by atoms with Gasteiger partial charge >= 0.3 is 11.9 Å². The second-order valence-electron chi connectivity index (χ2n) is 4.29. The van der Waals surface area contributed by atoms with E-state index in [4.69, 9.17) is 9.47 Å². The lowest BCUT2D eigenvalue weighted by Crippen LogP contribution is -2.07. The highest BCUT2D eigenvalue weighted by molar-refractivity contribution is 6.07. The quantitative estimate of drug-likeness (QED) is 0.527. The fraction of sp³-hybridized carbons (Fsp3) is 0.214. The van der Waals surface area contributed by atoms with E-state index in [0.29, 0.717) is 16.5 Å². The predicted octanol–water partition coefficient (Wildman–Crippen LogP) is 2.22. The molecule has 2 rings (SSSR count). The molecule has 6 nitrogen and oxygen atoms in total. The van der Waals surface area contributed by atoms with Gasteiger partial charge in [0.25, 0.3) is 0 Å². The van der Waals surface area contributed by atoms with Gasteiger partial charge in [-0.2, -0.15) is 0 Å². The Kier molecular flexibility index (Phi) is 3.56. The van der Waals surface area contributed by atoms with Crippen LogP contribution in [0.1, 0.15) is 31.1 Å². The number of carbonyl (C=O) groups is 3. The molecule has 0 fully saturated rings. The minimum atomic E-state index is -0.544. The Bertz CT molecular complexity index is 714. The van der Waals surface area contributed by atoms with E-state index in [0.717, 1.165) is 0 Å². The molecule has 0 radical (unpaired) electrons. The van der Waals surface area contributed by atoms with Gasteiger partial charge in [0.1, 0.15) is 0 Å². The summed E-state index contributed by atoms with van der Waals surface area (Å²) in [6.45, 7) is 3.93. The molecule has 20 heavy (non-hydrogen) atoms. The average Bonchev–Trinajstić information content (AvgIpc) is 2.70. The number of Topliss-reactive ketones (excluding diaryl/α,β-unsaturated/α-hetero) is 1. The first-order valence-electron chi connectivity index (χ1n) is 5.91. The van der Waals surface area contributed by atoms with Crippen molar-refractivity contribution in [1.29, 1.82) is 0 Å². The van der Waals surface area contributed by atoms with E-state index in [1.54, 1.807) is 6.20 Å². The molecule has 1 aromatic heterocycles. The van der Waals surface area contributed by atoms with Crippen LogP contribution < -0.4 is 9.47 Å². The lowest BCUT2D eigenvalue weighted by Gasteiger charge is -2.09. The van der Waals surface area contributed by atoms with Crippen LogP contribution in [0.2, 0.25) is 0 Å². The third-order valence-corrected chi connectivity index (χ3v) is 2.63. The summed E-state index contributed by atoms with van der Waals surface area (Å²) in [7, 11) is 0. The van der Waals surface area contributed by atoms with Crippen LogP contribution in [0.5, 0.6) is 11.5 Å². The molecule has 0 saturated heterocycles. The molecule has 0 bridgehead atoms. The number of esters is 2. The molecule has 2 aromatic rings. The van der Waals surface area contributed by atoms with E-state index in [-0.39, 0.29) is 17.3 Å². The summed E-state index contributed by atoms with van der Waals surface area (Å²) in [5.41, 5.74) is 1.09. The molecule has 6 heteroatoms. The third-order valence-electron chi connectivity index (χ3n) is 2.63. The van der Waals surface area contributed by atoms with Crippen molar-refractivity contribution in [2.75, 3.05) is 0 Å². The zero-order valence-electron chi connectivity index (χ0n) is 11.3. The number of benzene rings is 1. The molecule has 0 unspecified atom stereocenters. The van der Waals surface area contributed by atoms with E-state index >= 15 is 0 Å². The highest BCUT2D eigenvalue weighted by Crippen LogP contribution is 2.34. The number of fused-ring (bicyclic) bond motifs is 1. The molecular weight excluding hydrogens is 262 g/mol.